The van der Waals surface area contributed by atoms with Crippen LogP contribution >= 0.6 is 0 Å². The Bertz CT molecular complexity index is 1330. The number of carbonyl (C=O) groups excluding carboxylic acids is 1. The van der Waals surface area contributed by atoms with Crippen LogP contribution in [0.1, 0.15) is 62.7 Å². The maximum atomic E-state index is 13.6. The molecule has 0 saturated carbocycles. The first-order chi connectivity index (χ1) is 17.9. The van der Waals surface area contributed by atoms with Crippen LogP contribution in [-0.2, 0) is 20.7 Å². The molecule has 2 fully saturated rings. The Hall–Kier alpha value is -3.32. The molecule has 37 heavy (non-hydrogen) atoms. The third kappa shape index (κ3) is 4.19. The first kappa shape index (κ1) is 24.0. The molecule has 2 aromatic carbocycles. The summed E-state index contributed by atoms with van der Waals surface area (Å²) in [5.41, 5.74) is 2.21. The van der Waals surface area contributed by atoms with Crippen LogP contribution in [0.25, 0.3) is 10.9 Å². The summed E-state index contributed by atoms with van der Waals surface area (Å²) in [5.74, 6) is 0.0546. The number of benzene rings is 2. The number of fused-ring (bicyclic) bond motifs is 4. The van der Waals surface area contributed by atoms with E-state index in [1.807, 2.05) is 49.5 Å². The lowest BCUT2D eigenvalue weighted by molar-refractivity contribution is -0.180. The van der Waals surface area contributed by atoms with Crippen molar-refractivity contribution in [3.63, 3.8) is 0 Å². The number of rotatable bonds is 6. The molecule has 3 aromatic rings. The van der Waals surface area contributed by atoms with Crippen LogP contribution in [0.15, 0.2) is 54.7 Å². The molecule has 0 aliphatic carbocycles. The van der Waals surface area contributed by atoms with Gasteiger partial charge in [-0.3, -0.25) is 9.59 Å². The fourth-order valence-corrected chi connectivity index (χ4v) is 6.91. The summed E-state index contributed by atoms with van der Waals surface area (Å²) in [4.78, 5) is 30.5. The second kappa shape index (κ2) is 9.21. The Balaban J connectivity index is 1.24. The summed E-state index contributed by atoms with van der Waals surface area (Å²) < 4.78 is 13.1. The molecular formula is C30H34N2O5. The van der Waals surface area contributed by atoms with E-state index in [4.69, 9.17) is 9.47 Å². The number of likely N-dealkylation sites (tertiary alicyclic amines) is 1. The van der Waals surface area contributed by atoms with E-state index in [-0.39, 0.29) is 29.9 Å². The van der Waals surface area contributed by atoms with E-state index in [1.54, 1.807) is 0 Å². The fourth-order valence-electron chi connectivity index (χ4n) is 6.91. The average Bonchev–Trinajstić information content (AvgIpc) is 3.50. The number of hydrogen-bond acceptors (Lipinski definition) is 4. The van der Waals surface area contributed by atoms with Crippen LogP contribution in [0.2, 0.25) is 0 Å². The van der Waals surface area contributed by atoms with Crippen LogP contribution in [0, 0.1) is 5.92 Å². The SMILES string of the molecule is C[C@@]1(CCC(=O)O)Oc2ccccc2[C@@H]2OC[C@]3(CCCN3C(=O)CCc3c[nH]c4ccccc34)C[C@H]21. The zero-order valence-corrected chi connectivity index (χ0v) is 21.2. The summed E-state index contributed by atoms with van der Waals surface area (Å²) in [6.07, 6.45) is 6.00. The van der Waals surface area contributed by atoms with Gasteiger partial charge in [-0.15, -0.1) is 0 Å². The van der Waals surface area contributed by atoms with Gasteiger partial charge < -0.3 is 24.5 Å². The van der Waals surface area contributed by atoms with E-state index < -0.39 is 11.6 Å². The van der Waals surface area contributed by atoms with Crippen LogP contribution in [0.4, 0.5) is 0 Å². The number of aryl methyl sites for hydroxylation is 1. The third-order valence-corrected chi connectivity index (χ3v) is 8.87. The van der Waals surface area contributed by atoms with Crippen molar-refractivity contribution in [2.24, 2.45) is 5.92 Å². The van der Waals surface area contributed by atoms with Crippen LogP contribution in [0.5, 0.6) is 5.75 Å². The second-order valence-electron chi connectivity index (χ2n) is 11.1. The number of hydrogen-bond donors (Lipinski definition) is 2. The highest BCUT2D eigenvalue weighted by Gasteiger charge is 2.57. The van der Waals surface area contributed by atoms with Gasteiger partial charge in [-0.05, 0) is 56.7 Å². The van der Waals surface area contributed by atoms with Gasteiger partial charge in [0.05, 0.1) is 18.2 Å². The van der Waals surface area contributed by atoms with Gasteiger partial charge in [0.25, 0.3) is 0 Å². The van der Waals surface area contributed by atoms with Crippen molar-refractivity contribution in [1.29, 1.82) is 0 Å². The van der Waals surface area contributed by atoms with E-state index in [1.165, 1.54) is 5.39 Å². The Kier molecular flexibility index (Phi) is 5.98. The number of para-hydroxylation sites is 2. The molecule has 7 heteroatoms. The van der Waals surface area contributed by atoms with Crippen LogP contribution in [-0.4, -0.2) is 51.2 Å². The number of nitrogens with one attached hydrogen (secondary N) is 1. The molecule has 6 rings (SSSR count). The molecule has 0 unspecified atom stereocenters. The summed E-state index contributed by atoms with van der Waals surface area (Å²) in [5, 5.41) is 10.6. The molecule has 1 amide bonds. The highest BCUT2D eigenvalue weighted by atomic mass is 16.5. The number of carboxylic acids is 1. The van der Waals surface area contributed by atoms with Gasteiger partial charge in [0, 0.05) is 48.0 Å². The molecule has 4 atom stereocenters. The Labute approximate surface area is 216 Å². The van der Waals surface area contributed by atoms with Crippen molar-refractivity contribution in [1.82, 2.24) is 9.88 Å². The molecule has 3 aliphatic heterocycles. The standard InChI is InChI=1S/C30H34N2O5/c1-29(15-13-27(34)35)23-17-30(19-36-28(23)22-8-3-5-10-25(22)37-29)14-6-16-32(30)26(33)12-11-20-18-31-24-9-4-2-7-21(20)24/h2-5,7-10,18,23,28,31H,6,11-17,19H2,1H3,(H,34,35)/t23-,28+,29+,30+/m1/s1. The summed E-state index contributed by atoms with van der Waals surface area (Å²) >= 11 is 0. The second-order valence-corrected chi connectivity index (χ2v) is 11.1. The molecule has 7 nitrogen and oxygen atoms in total. The van der Waals surface area contributed by atoms with Crippen LogP contribution < -0.4 is 4.74 Å². The van der Waals surface area contributed by atoms with E-state index in [0.717, 1.165) is 48.2 Å². The lowest BCUT2D eigenvalue weighted by atomic mass is 9.68. The van der Waals surface area contributed by atoms with Crippen molar-refractivity contribution in [2.75, 3.05) is 13.2 Å². The van der Waals surface area contributed by atoms with E-state index in [0.29, 0.717) is 25.9 Å². The molecule has 0 bridgehead atoms. The van der Waals surface area contributed by atoms with E-state index >= 15 is 0 Å². The van der Waals surface area contributed by atoms with Gasteiger partial charge in [0.2, 0.25) is 5.91 Å². The van der Waals surface area contributed by atoms with Crippen LogP contribution in [0.3, 0.4) is 0 Å². The van der Waals surface area contributed by atoms with Crippen molar-refractivity contribution < 1.29 is 24.2 Å². The minimum absolute atomic E-state index is 0.0299. The third-order valence-electron chi connectivity index (χ3n) is 8.87. The first-order valence-corrected chi connectivity index (χ1v) is 13.4. The minimum atomic E-state index is -0.832. The number of aromatic nitrogens is 1. The normalized spacial score (nSPS) is 28.6. The molecule has 1 aromatic heterocycles. The summed E-state index contributed by atoms with van der Waals surface area (Å²) in [6, 6.07) is 16.1. The van der Waals surface area contributed by atoms with Gasteiger partial charge in [-0.25, -0.2) is 0 Å². The number of amides is 1. The number of aliphatic carboxylic acids is 1. The topological polar surface area (TPSA) is 91.9 Å². The highest BCUT2D eigenvalue weighted by Crippen LogP contribution is 2.55. The molecule has 2 saturated heterocycles. The summed E-state index contributed by atoms with van der Waals surface area (Å²) in [6.45, 7) is 3.25. The van der Waals surface area contributed by atoms with Gasteiger partial charge >= 0.3 is 5.97 Å². The molecule has 194 valence electrons. The van der Waals surface area contributed by atoms with E-state index in [9.17, 15) is 14.7 Å². The van der Waals surface area contributed by atoms with Crippen molar-refractivity contribution in [3.8, 4) is 5.75 Å². The summed E-state index contributed by atoms with van der Waals surface area (Å²) in [7, 11) is 0. The smallest absolute Gasteiger partial charge is 0.303 e. The van der Waals surface area contributed by atoms with Gasteiger partial charge in [0.15, 0.2) is 0 Å². The predicted octanol–water partition coefficient (Wildman–Crippen LogP) is 5.26. The maximum Gasteiger partial charge on any atom is 0.303 e. The fraction of sp³-hybridized carbons (Fsp3) is 0.467. The molecule has 0 radical (unpaired) electrons. The highest BCUT2D eigenvalue weighted by molar-refractivity contribution is 5.84. The molecular weight excluding hydrogens is 468 g/mol. The van der Waals surface area contributed by atoms with Gasteiger partial charge in [-0.2, -0.15) is 0 Å². The maximum absolute atomic E-state index is 13.6. The lowest BCUT2D eigenvalue weighted by Gasteiger charge is -2.54. The van der Waals surface area contributed by atoms with Crippen molar-refractivity contribution in [2.45, 2.75) is 69.1 Å². The quantitative estimate of drug-likeness (QED) is 0.480. The van der Waals surface area contributed by atoms with Gasteiger partial charge in [0.1, 0.15) is 11.4 Å². The predicted molar refractivity (Wildman–Crippen MR) is 139 cm³/mol. The Morgan fingerprint density at radius 3 is 2.81 bits per heavy atom. The Morgan fingerprint density at radius 1 is 1.14 bits per heavy atom. The zero-order chi connectivity index (χ0) is 25.6. The number of aromatic amines is 1. The minimum Gasteiger partial charge on any atom is -0.487 e. The monoisotopic (exact) mass is 502 g/mol. The van der Waals surface area contributed by atoms with Crippen molar-refractivity contribution >= 4 is 22.8 Å². The van der Waals surface area contributed by atoms with Crippen molar-refractivity contribution in [3.05, 3.63) is 65.9 Å². The molecule has 2 N–H and O–H groups in total. The molecule has 3 aliphatic rings. The van der Waals surface area contributed by atoms with Gasteiger partial charge in [-0.1, -0.05) is 36.4 Å². The first-order valence-electron chi connectivity index (χ1n) is 13.4. The number of carboxylic acid groups (broad SMARTS) is 1. The molecule has 1 spiro atoms. The largest absolute Gasteiger partial charge is 0.487 e. The zero-order valence-electron chi connectivity index (χ0n) is 21.2. The van der Waals surface area contributed by atoms with E-state index in [2.05, 4.69) is 22.0 Å². The number of carbonyl (C=O) groups is 2. The molecule has 4 heterocycles. The number of nitrogens with zero attached hydrogens (tertiary/aromatic N) is 1. The number of ether oxygens (including phenoxy) is 2. The Morgan fingerprint density at radius 2 is 1.95 bits per heavy atom. The average molecular weight is 503 g/mol. The number of H-pyrrole nitrogens is 1. The lowest BCUT2D eigenvalue weighted by Crippen LogP contribution is -2.60.